The normalized spacial score (nSPS) is 12.0. The third-order valence-corrected chi connectivity index (χ3v) is 3.25. The Labute approximate surface area is 90.7 Å². The molecule has 0 unspecified atom stereocenters. The molecule has 0 radical (unpaired) electrons. The van der Waals surface area contributed by atoms with Gasteiger partial charge in [0, 0.05) is 0 Å². The Bertz CT molecular complexity index is 98.6. The molecule has 1 nitrogen and oxygen atoms in total. The van der Waals surface area contributed by atoms with Crippen molar-refractivity contribution < 1.29 is 0 Å². The van der Waals surface area contributed by atoms with Gasteiger partial charge in [0.15, 0.2) is 0 Å². The molecule has 0 aliphatic rings. The molecule has 0 heterocycles. The summed E-state index contributed by atoms with van der Waals surface area (Å²) < 4.78 is 0. The van der Waals surface area contributed by atoms with Crippen molar-refractivity contribution in [1.82, 2.24) is 5.32 Å². The van der Waals surface area contributed by atoms with Crippen molar-refractivity contribution in [2.45, 2.75) is 65.7 Å². The lowest BCUT2D eigenvalue weighted by Gasteiger charge is -2.29. The predicted molar refractivity (Wildman–Crippen MR) is 65.7 cm³/mol. The van der Waals surface area contributed by atoms with E-state index in [9.17, 15) is 0 Å². The van der Waals surface area contributed by atoms with Crippen molar-refractivity contribution in [3.05, 3.63) is 0 Å². The van der Waals surface area contributed by atoms with E-state index in [0.29, 0.717) is 5.41 Å². The van der Waals surface area contributed by atoms with Gasteiger partial charge >= 0.3 is 0 Å². The van der Waals surface area contributed by atoms with Crippen molar-refractivity contribution in [2.75, 3.05) is 13.6 Å². The smallest absolute Gasteiger partial charge is 0.00467 e. The molecule has 0 rings (SSSR count). The Morgan fingerprint density at radius 2 is 1.43 bits per heavy atom. The highest BCUT2D eigenvalue weighted by molar-refractivity contribution is 4.74. The Morgan fingerprint density at radius 3 is 1.79 bits per heavy atom. The molecule has 0 aliphatic carbocycles. The van der Waals surface area contributed by atoms with Gasteiger partial charge < -0.3 is 5.32 Å². The van der Waals surface area contributed by atoms with Crippen LogP contribution >= 0.6 is 0 Å². The lowest BCUT2D eigenvalue weighted by Crippen LogP contribution is -2.22. The van der Waals surface area contributed by atoms with Crippen molar-refractivity contribution >= 4 is 0 Å². The molecular formula is C13H29N. The third kappa shape index (κ3) is 6.42. The Morgan fingerprint density at radius 1 is 0.929 bits per heavy atom. The van der Waals surface area contributed by atoms with Crippen molar-refractivity contribution in [3.8, 4) is 0 Å². The van der Waals surface area contributed by atoms with Gasteiger partial charge in [0.1, 0.15) is 0 Å². The van der Waals surface area contributed by atoms with Crippen LogP contribution in [-0.4, -0.2) is 13.6 Å². The summed E-state index contributed by atoms with van der Waals surface area (Å²) in [7, 11) is 2.06. The van der Waals surface area contributed by atoms with Crippen molar-refractivity contribution in [1.29, 1.82) is 0 Å². The molecule has 0 spiro atoms. The van der Waals surface area contributed by atoms with E-state index in [0.717, 1.165) is 0 Å². The summed E-state index contributed by atoms with van der Waals surface area (Å²) in [6, 6.07) is 0. The third-order valence-electron chi connectivity index (χ3n) is 3.25. The lowest BCUT2D eigenvalue weighted by atomic mass is 9.77. The summed E-state index contributed by atoms with van der Waals surface area (Å²) in [4.78, 5) is 0. The predicted octanol–water partition coefficient (Wildman–Crippen LogP) is 3.98. The second-order valence-electron chi connectivity index (χ2n) is 4.87. The summed E-state index contributed by atoms with van der Waals surface area (Å²) in [6.07, 6.45) is 9.61. The van der Waals surface area contributed by atoms with E-state index in [1.54, 1.807) is 0 Å². The second-order valence-corrected chi connectivity index (χ2v) is 4.87. The van der Waals surface area contributed by atoms with E-state index in [2.05, 4.69) is 33.1 Å². The number of hydrogen-bond acceptors (Lipinski definition) is 1. The fraction of sp³-hybridized carbons (Fsp3) is 1.00. The van der Waals surface area contributed by atoms with Crippen molar-refractivity contribution in [3.63, 3.8) is 0 Å². The molecule has 86 valence electrons. The molecule has 0 aromatic heterocycles. The summed E-state index contributed by atoms with van der Waals surface area (Å²) in [5, 5.41) is 3.28. The van der Waals surface area contributed by atoms with Gasteiger partial charge in [-0.05, 0) is 38.3 Å². The van der Waals surface area contributed by atoms with Crippen LogP contribution in [0.2, 0.25) is 0 Å². The van der Waals surface area contributed by atoms with Crippen LogP contribution in [0.25, 0.3) is 0 Å². The van der Waals surface area contributed by atoms with E-state index in [1.807, 2.05) is 0 Å². The van der Waals surface area contributed by atoms with Crippen LogP contribution in [0.5, 0.6) is 0 Å². The SMILES string of the molecule is CCCCC(C)(CCCC)CCNC. The maximum atomic E-state index is 3.28. The van der Waals surface area contributed by atoms with Crippen LogP contribution in [0.4, 0.5) is 0 Å². The van der Waals surface area contributed by atoms with Gasteiger partial charge in [-0.25, -0.2) is 0 Å². The van der Waals surface area contributed by atoms with Crippen LogP contribution in [0, 0.1) is 5.41 Å². The summed E-state index contributed by atoms with van der Waals surface area (Å²) >= 11 is 0. The summed E-state index contributed by atoms with van der Waals surface area (Å²) in [5.74, 6) is 0. The number of hydrogen-bond donors (Lipinski definition) is 1. The van der Waals surface area contributed by atoms with E-state index in [4.69, 9.17) is 0 Å². The minimum atomic E-state index is 0.592. The van der Waals surface area contributed by atoms with Crippen LogP contribution in [0.1, 0.15) is 65.7 Å². The average Bonchev–Trinajstić information content (AvgIpc) is 2.21. The Balaban J connectivity index is 3.89. The zero-order chi connectivity index (χ0) is 10.9. The highest BCUT2D eigenvalue weighted by atomic mass is 14.8. The molecule has 0 bridgehead atoms. The molecule has 0 atom stereocenters. The molecule has 0 saturated heterocycles. The lowest BCUT2D eigenvalue weighted by molar-refractivity contribution is 0.234. The highest BCUT2D eigenvalue weighted by Gasteiger charge is 2.21. The van der Waals surface area contributed by atoms with E-state index in [1.165, 1.54) is 51.5 Å². The summed E-state index contributed by atoms with van der Waals surface area (Å²) in [6.45, 7) is 8.22. The van der Waals surface area contributed by atoms with Gasteiger partial charge in [-0.3, -0.25) is 0 Å². The van der Waals surface area contributed by atoms with Crippen LogP contribution < -0.4 is 5.32 Å². The molecule has 1 N–H and O–H groups in total. The second kappa shape index (κ2) is 8.28. The summed E-state index contributed by atoms with van der Waals surface area (Å²) in [5.41, 5.74) is 0.592. The quantitative estimate of drug-likeness (QED) is 0.592. The first-order valence-electron chi connectivity index (χ1n) is 6.33. The van der Waals surface area contributed by atoms with Gasteiger partial charge in [-0.2, -0.15) is 0 Å². The standard InChI is InChI=1S/C13H29N/c1-5-7-9-13(3,10-8-6-2)11-12-14-4/h14H,5-12H2,1-4H3. The Kier molecular flexibility index (Phi) is 8.26. The average molecular weight is 199 g/mol. The minimum absolute atomic E-state index is 0.592. The molecule has 0 fully saturated rings. The molecule has 0 aromatic carbocycles. The molecule has 0 aromatic rings. The highest BCUT2D eigenvalue weighted by Crippen LogP contribution is 2.33. The van der Waals surface area contributed by atoms with Gasteiger partial charge in [-0.15, -0.1) is 0 Å². The minimum Gasteiger partial charge on any atom is -0.320 e. The van der Waals surface area contributed by atoms with Gasteiger partial charge in [0.2, 0.25) is 0 Å². The largest absolute Gasteiger partial charge is 0.320 e. The molecule has 1 heteroatoms. The monoisotopic (exact) mass is 199 g/mol. The number of unbranched alkanes of at least 4 members (excludes halogenated alkanes) is 2. The molecule has 0 saturated carbocycles. The fourth-order valence-corrected chi connectivity index (χ4v) is 2.01. The maximum absolute atomic E-state index is 3.28. The van der Waals surface area contributed by atoms with E-state index < -0.39 is 0 Å². The first-order valence-corrected chi connectivity index (χ1v) is 6.33. The van der Waals surface area contributed by atoms with E-state index >= 15 is 0 Å². The van der Waals surface area contributed by atoms with Gasteiger partial charge in [0.25, 0.3) is 0 Å². The molecular weight excluding hydrogens is 170 g/mol. The zero-order valence-corrected chi connectivity index (χ0v) is 10.7. The first kappa shape index (κ1) is 14.0. The number of nitrogens with one attached hydrogen (secondary N) is 1. The Hall–Kier alpha value is -0.0400. The van der Waals surface area contributed by atoms with E-state index in [-0.39, 0.29) is 0 Å². The topological polar surface area (TPSA) is 12.0 Å². The molecule has 0 amide bonds. The van der Waals surface area contributed by atoms with Crippen LogP contribution in [0.15, 0.2) is 0 Å². The first-order chi connectivity index (χ1) is 6.68. The fourth-order valence-electron chi connectivity index (χ4n) is 2.01. The number of rotatable bonds is 9. The van der Waals surface area contributed by atoms with Crippen LogP contribution in [0.3, 0.4) is 0 Å². The zero-order valence-electron chi connectivity index (χ0n) is 10.7. The van der Waals surface area contributed by atoms with Crippen molar-refractivity contribution in [2.24, 2.45) is 5.41 Å². The molecule has 0 aliphatic heterocycles. The van der Waals surface area contributed by atoms with Gasteiger partial charge in [0.05, 0.1) is 0 Å². The maximum Gasteiger partial charge on any atom is -0.00467 e. The van der Waals surface area contributed by atoms with Crippen LogP contribution in [-0.2, 0) is 0 Å². The van der Waals surface area contributed by atoms with Gasteiger partial charge in [-0.1, -0.05) is 46.5 Å². The molecule has 14 heavy (non-hydrogen) atoms.